The molecule has 0 bridgehead atoms. The van der Waals surface area contributed by atoms with Gasteiger partial charge in [-0.15, -0.1) is 0 Å². The van der Waals surface area contributed by atoms with Gasteiger partial charge in [-0.25, -0.2) is 4.79 Å². The first-order valence-corrected chi connectivity index (χ1v) is 8.24. The number of carbonyl (C=O) groups excluding carboxylic acids is 2. The third kappa shape index (κ3) is 3.49. The van der Waals surface area contributed by atoms with Gasteiger partial charge in [0.2, 0.25) is 0 Å². The van der Waals surface area contributed by atoms with Crippen molar-refractivity contribution in [1.29, 1.82) is 0 Å². The zero-order valence-electron chi connectivity index (χ0n) is 13.0. The molecule has 0 saturated carbocycles. The lowest BCUT2D eigenvalue weighted by atomic mass is 9.95. The first-order chi connectivity index (χ1) is 11.5. The molecule has 1 heterocycles. The van der Waals surface area contributed by atoms with Gasteiger partial charge < -0.3 is 16.0 Å². The molecule has 1 aliphatic rings. The number of nitrogens with one attached hydrogen (secondary N) is 3. The van der Waals surface area contributed by atoms with Crippen molar-refractivity contribution in [3.05, 3.63) is 75.9 Å². The van der Waals surface area contributed by atoms with Crippen LogP contribution in [0.3, 0.4) is 0 Å². The fraction of sp³-hybridized carbons (Fsp3) is 0.111. The zero-order chi connectivity index (χ0) is 17.1. The van der Waals surface area contributed by atoms with Gasteiger partial charge in [-0.2, -0.15) is 0 Å². The number of urea groups is 1. The average Bonchev–Trinajstić information content (AvgIpc) is 2.55. The van der Waals surface area contributed by atoms with Crippen molar-refractivity contribution in [2.45, 2.75) is 13.0 Å². The third-order valence-corrected chi connectivity index (χ3v) is 4.28. The highest BCUT2D eigenvalue weighted by Gasteiger charge is 2.31. The fourth-order valence-corrected chi connectivity index (χ4v) is 2.88. The Labute approximate surface area is 148 Å². The highest BCUT2D eigenvalue weighted by Crippen LogP contribution is 2.28. The predicted molar refractivity (Wildman–Crippen MR) is 96.3 cm³/mol. The molecular formula is C18H16BrN3O2. The molecule has 3 amide bonds. The fourth-order valence-electron chi connectivity index (χ4n) is 2.62. The van der Waals surface area contributed by atoms with Gasteiger partial charge in [0.05, 0.1) is 11.6 Å². The average molecular weight is 386 g/mol. The van der Waals surface area contributed by atoms with Crippen molar-refractivity contribution in [2.75, 3.05) is 5.32 Å². The number of hydrogen-bond donors (Lipinski definition) is 3. The van der Waals surface area contributed by atoms with E-state index in [4.69, 9.17) is 0 Å². The van der Waals surface area contributed by atoms with E-state index in [2.05, 4.69) is 31.9 Å². The molecule has 2 aromatic rings. The second-order valence-electron chi connectivity index (χ2n) is 5.44. The van der Waals surface area contributed by atoms with Crippen molar-refractivity contribution >= 4 is 33.6 Å². The van der Waals surface area contributed by atoms with E-state index in [0.29, 0.717) is 17.0 Å². The van der Waals surface area contributed by atoms with Crippen molar-refractivity contribution in [1.82, 2.24) is 10.6 Å². The topological polar surface area (TPSA) is 70.2 Å². The number of allylic oxidation sites excluding steroid dienone is 1. The smallest absolute Gasteiger partial charge is 0.319 e. The molecule has 0 radical (unpaired) electrons. The van der Waals surface area contributed by atoms with Gasteiger partial charge in [-0.05, 0) is 36.8 Å². The van der Waals surface area contributed by atoms with Gasteiger partial charge in [0.1, 0.15) is 0 Å². The summed E-state index contributed by atoms with van der Waals surface area (Å²) in [6.07, 6.45) is 0. The highest BCUT2D eigenvalue weighted by atomic mass is 79.9. The SMILES string of the molecule is CC1=C(C(=O)Nc2ccccc2)C(c2ccc(Br)cc2)NC(=O)N1. The number of halogens is 1. The second kappa shape index (κ2) is 6.88. The maximum absolute atomic E-state index is 12.8. The van der Waals surface area contributed by atoms with E-state index in [1.807, 2.05) is 54.6 Å². The van der Waals surface area contributed by atoms with Gasteiger partial charge in [-0.3, -0.25) is 4.79 Å². The summed E-state index contributed by atoms with van der Waals surface area (Å²) in [6, 6.07) is 15.9. The third-order valence-electron chi connectivity index (χ3n) is 3.75. The maximum atomic E-state index is 12.8. The van der Waals surface area contributed by atoms with Crippen molar-refractivity contribution in [3.8, 4) is 0 Å². The Morgan fingerprint density at radius 2 is 1.75 bits per heavy atom. The van der Waals surface area contributed by atoms with Gasteiger partial charge in [-0.1, -0.05) is 46.3 Å². The number of rotatable bonds is 3. The van der Waals surface area contributed by atoms with Gasteiger partial charge in [0.25, 0.3) is 5.91 Å². The monoisotopic (exact) mass is 385 g/mol. The Hall–Kier alpha value is -2.60. The molecule has 3 N–H and O–H groups in total. The number of amides is 3. The quantitative estimate of drug-likeness (QED) is 0.753. The second-order valence-corrected chi connectivity index (χ2v) is 6.36. The summed E-state index contributed by atoms with van der Waals surface area (Å²) >= 11 is 3.39. The summed E-state index contributed by atoms with van der Waals surface area (Å²) < 4.78 is 0.933. The van der Waals surface area contributed by atoms with Crippen LogP contribution in [0.25, 0.3) is 0 Å². The minimum Gasteiger partial charge on any atom is -0.327 e. The van der Waals surface area contributed by atoms with E-state index in [1.54, 1.807) is 6.92 Å². The largest absolute Gasteiger partial charge is 0.327 e. The molecule has 0 fully saturated rings. The van der Waals surface area contributed by atoms with Crippen LogP contribution in [0.15, 0.2) is 70.3 Å². The van der Waals surface area contributed by atoms with Crippen LogP contribution in [-0.2, 0) is 4.79 Å². The molecule has 24 heavy (non-hydrogen) atoms. The molecule has 1 aliphatic heterocycles. The Morgan fingerprint density at radius 1 is 1.08 bits per heavy atom. The van der Waals surface area contributed by atoms with Crippen LogP contribution < -0.4 is 16.0 Å². The van der Waals surface area contributed by atoms with Crippen LogP contribution in [0.5, 0.6) is 0 Å². The molecule has 2 aromatic carbocycles. The van der Waals surface area contributed by atoms with Crippen LogP contribution in [-0.4, -0.2) is 11.9 Å². The minimum absolute atomic E-state index is 0.251. The summed E-state index contributed by atoms with van der Waals surface area (Å²) in [5.41, 5.74) is 2.57. The standard InChI is InChI=1S/C18H16BrN3O2/c1-11-15(17(23)21-14-5-3-2-4-6-14)16(22-18(24)20-11)12-7-9-13(19)10-8-12/h2-10,16H,1H3,(H,21,23)(H2,20,22,24). The molecular weight excluding hydrogens is 370 g/mol. The minimum atomic E-state index is -0.504. The summed E-state index contributed by atoms with van der Waals surface area (Å²) in [6.45, 7) is 1.73. The molecule has 0 spiro atoms. The van der Waals surface area contributed by atoms with Gasteiger partial charge in [0, 0.05) is 15.9 Å². The van der Waals surface area contributed by atoms with Crippen LogP contribution in [0.1, 0.15) is 18.5 Å². The molecule has 1 unspecified atom stereocenters. The first-order valence-electron chi connectivity index (χ1n) is 7.45. The van der Waals surface area contributed by atoms with Crippen molar-refractivity contribution in [3.63, 3.8) is 0 Å². The Kier molecular flexibility index (Phi) is 4.66. The molecule has 3 rings (SSSR count). The highest BCUT2D eigenvalue weighted by molar-refractivity contribution is 9.10. The Balaban J connectivity index is 1.94. The van der Waals surface area contributed by atoms with E-state index in [9.17, 15) is 9.59 Å². The number of hydrogen-bond acceptors (Lipinski definition) is 2. The molecule has 1 atom stereocenters. The molecule has 6 heteroatoms. The van der Waals surface area contributed by atoms with Crippen LogP contribution in [0.2, 0.25) is 0 Å². The maximum Gasteiger partial charge on any atom is 0.319 e. The van der Waals surface area contributed by atoms with E-state index < -0.39 is 6.04 Å². The zero-order valence-corrected chi connectivity index (χ0v) is 14.6. The van der Waals surface area contributed by atoms with Crippen LogP contribution in [0, 0.1) is 0 Å². The number of anilines is 1. The lowest BCUT2D eigenvalue weighted by Crippen LogP contribution is -2.45. The van der Waals surface area contributed by atoms with Crippen LogP contribution >= 0.6 is 15.9 Å². The Morgan fingerprint density at radius 3 is 2.42 bits per heavy atom. The molecule has 0 aliphatic carbocycles. The van der Waals surface area contributed by atoms with E-state index in [1.165, 1.54) is 0 Å². The van der Waals surface area contributed by atoms with Crippen molar-refractivity contribution in [2.24, 2.45) is 0 Å². The molecule has 122 valence electrons. The van der Waals surface area contributed by atoms with E-state index in [-0.39, 0.29) is 11.9 Å². The van der Waals surface area contributed by atoms with Gasteiger partial charge >= 0.3 is 6.03 Å². The van der Waals surface area contributed by atoms with E-state index in [0.717, 1.165) is 10.0 Å². The summed E-state index contributed by atoms with van der Waals surface area (Å²) in [5.74, 6) is -0.251. The predicted octanol–water partition coefficient (Wildman–Crippen LogP) is 3.72. The molecule has 5 nitrogen and oxygen atoms in total. The van der Waals surface area contributed by atoms with Crippen molar-refractivity contribution < 1.29 is 9.59 Å². The first kappa shape index (κ1) is 16.3. The summed E-state index contributed by atoms with van der Waals surface area (Å²) in [4.78, 5) is 24.6. The number of para-hydroxylation sites is 1. The van der Waals surface area contributed by atoms with Gasteiger partial charge in [0.15, 0.2) is 0 Å². The van der Waals surface area contributed by atoms with E-state index >= 15 is 0 Å². The number of carbonyl (C=O) groups is 2. The summed E-state index contributed by atoms with van der Waals surface area (Å²) in [7, 11) is 0. The molecule has 0 aromatic heterocycles. The number of benzene rings is 2. The molecule has 0 saturated heterocycles. The van der Waals surface area contributed by atoms with Crippen LogP contribution in [0.4, 0.5) is 10.5 Å². The lowest BCUT2D eigenvalue weighted by Gasteiger charge is -2.28. The summed E-state index contributed by atoms with van der Waals surface area (Å²) in [5, 5.41) is 8.35. The normalized spacial score (nSPS) is 17.1. The lowest BCUT2D eigenvalue weighted by molar-refractivity contribution is -0.113. The Bertz CT molecular complexity index is 801.